The number of hydrogen-bond acceptors (Lipinski definition) is 4. The first kappa shape index (κ1) is 24.3. The van der Waals surface area contributed by atoms with Gasteiger partial charge in [-0.1, -0.05) is 35.9 Å². The number of hydrogen-bond donors (Lipinski definition) is 1. The molecule has 3 atom stereocenters. The van der Waals surface area contributed by atoms with Crippen molar-refractivity contribution in [3.05, 3.63) is 101 Å². The molecular weight excluding hydrogens is 418 g/mol. The van der Waals surface area contributed by atoms with Gasteiger partial charge in [-0.25, -0.2) is 0 Å². The Morgan fingerprint density at radius 2 is 2.09 bits per heavy atom. The number of rotatable bonds is 2. The van der Waals surface area contributed by atoms with Gasteiger partial charge in [0.15, 0.2) is 0 Å². The highest BCUT2D eigenvalue weighted by Gasteiger charge is 2.45. The lowest BCUT2D eigenvalue weighted by molar-refractivity contribution is 0.142. The van der Waals surface area contributed by atoms with Crippen molar-refractivity contribution in [2.45, 2.75) is 84.3 Å². The van der Waals surface area contributed by atoms with Crippen molar-refractivity contribution >= 4 is 0 Å². The van der Waals surface area contributed by atoms with Gasteiger partial charge < -0.3 is 15.0 Å². The van der Waals surface area contributed by atoms with Gasteiger partial charge in [-0.05, 0) is 90.2 Å². The van der Waals surface area contributed by atoms with E-state index in [2.05, 4.69) is 85.4 Å². The molecule has 180 valence electrons. The molecule has 5 rings (SSSR count). The van der Waals surface area contributed by atoms with Gasteiger partial charge >= 0.3 is 0 Å². The molecule has 3 unspecified atom stereocenters. The van der Waals surface area contributed by atoms with Crippen LogP contribution in [-0.2, 0) is 4.74 Å². The number of piperidine rings is 1. The van der Waals surface area contributed by atoms with Gasteiger partial charge in [-0.15, -0.1) is 0 Å². The molecule has 1 aliphatic carbocycles. The molecule has 0 radical (unpaired) electrons. The molecular formula is C30H39N3O. The molecule has 34 heavy (non-hydrogen) atoms. The summed E-state index contributed by atoms with van der Waals surface area (Å²) >= 11 is 0. The SMILES string of the molecule is C\C=C/C=C1\C(=C/C)OC2=C(C=CC(C)=CC2)N1C1CC2CCC(C)(C1)N2.Cc1cccnc1. The zero-order valence-electron chi connectivity index (χ0n) is 21.3. The maximum Gasteiger partial charge on any atom is 0.146 e. The molecule has 0 aromatic carbocycles. The number of nitrogens with one attached hydrogen (secondary N) is 1. The summed E-state index contributed by atoms with van der Waals surface area (Å²) in [5, 5.41) is 3.86. The summed E-state index contributed by atoms with van der Waals surface area (Å²) in [5.41, 5.74) is 5.19. The fourth-order valence-corrected chi connectivity index (χ4v) is 5.47. The highest BCUT2D eigenvalue weighted by Crippen LogP contribution is 2.44. The van der Waals surface area contributed by atoms with Crippen molar-refractivity contribution < 1.29 is 4.74 Å². The Kier molecular flexibility index (Phi) is 7.57. The minimum atomic E-state index is 0.261. The Morgan fingerprint density at radius 1 is 1.24 bits per heavy atom. The van der Waals surface area contributed by atoms with Gasteiger partial charge in [0, 0.05) is 36.4 Å². The molecule has 0 amide bonds. The quantitative estimate of drug-likeness (QED) is 0.526. The minimum Gasteiger partial charge on any atom is -0.457 e. The fraction of sp³-hybridized carbons (Fsp3) is 0.433. The molecule has 4 heterocycles. The Labute approximate surface area is 205 Å². The van der Waals surface area contributed by atoms with Crippen molar-refractivity contribution in [2.24, 2.45) is 0 Å². The molecule has 4 heteroatoms. The van der Waals surface area contributed by atoms with Gasteiger partial charge in [0.25, 0.3) is 0 Å². The lowest BCUT2D eigenvalue weighted by atomic mass is 9.87. The minimum absolute atomic E-state index is 0.261. The van der Waals surface area contributed by atoms with Crippen LogP contribution >= 0.6 is 0 Å². The van der Waals surface area contributed by atoms with Crippen LogP contribution in [-0.4, -0.2) is 27.5 Å². The topological polar surface area (TPSA) is 37.4 Å². The molecule has 2 bridgehead atoms. The van der Waals surface area contributed by atoms with E-state index in [1.807, 2.05) is 25.3 Å². The van der Waals surface area contributed by atoms with Crippen LogP contribution in [0.2, 0.25) is 0 Å². The van der Waals surface area contributed by atoms with Gasteiger partial charge in [-0.3, -0.25) is 4.98 Å². The second-order valence-electron chi connectivity index (χ2n) is 10.1. The van der Waals surface area contributed by atoms with Crippen LogP contribution in [0, 0.1) is 6.92 Å². The van der Waals surface area contributed by atoms with Crippen molar-refractivity contribution in [2.75, 3.05) is 0 Å². The number of nitrogens with zero attached hydrogens (tertiary/aromatic N) is 2. The summed E-state index contributed by atoms with van der Waals surface area (Å²) in [5.74, 6) is 2.05. The smallest absolute Gasteiger partial charge is 0.146 e. The second kappa shape index (κ2) is 10.6. The number of fused-ring (bicyclic) bond motifs is 2. The van der Waals surface area contributed by atoms with Crippen LogP contribution in [0.4, 0.5) is 0 Å². The molecule has 2 saturated heterocycles. The maximum absolute atomic E-state index is 6.38. The first-order valence-corrected chi connectivity index (χ1v) is 12.6. The van der Waals surface area contributed by atoms with E-state index in [4.69, 9.17) is 4.74 Å². The Morgan fingerprint density at radius 3 is 2.74 bits per heavy atom. The van der Waals surface area contributed by atoms with Crippen LogP contribution in [0.15, 0.2) is 95.5 Å². The van der Waals surface area contributed by atoms with Crippen LogP contribution in [0.3, 0.4) is 0 Å². The first-order chi connectivity index (χ1) is 16.4. The molecule has 1 aromatic heterocycles. The Hall–Kier alpha value is -2.85. The largest absolute Gasteiger partial charge is 0.457 e. The molecule has 1 N–H and O–H groups in total. The van der Waals surface area contributed by atoms with E-state index in [9.17, 15) is 0 Å². The number of pyridine rings is 1. The van der Waals surface area contributed by atoms with Crippen LogP contribution in [0.5, 0.6) is 0 Å². The summed E-state index contributed by atoms with van der Waals surface area (Å²) in [4.78, 5) is 6.46. The van der Waals surface area contributed by atoms with E-state index in [-0.39, 0.29) is 5.54 Å². The monoisotopic (exact) mass is 457 g/mol. The van der Waals surface area contributed by atoms with E-state index >= 15 is 0 Å². The average molecular weight is 458 g/mol. The zero-order valence-corrected chi connectivity index (χ0v) is 21.3. The molecule has 4 aliphatic rings. The zero-order chi connectivity index (χ0) is 24.1. The van der Waals surface area contributed by atoms with Gasteiger partial charge in [0.1, 0.15) is 11.5 Å². The van der Waals surface area contributed by atoms with Crippen molar-refractivity contribution in [1.82, 2.24) is 15.2 Å². The lowest BCUT2D eigenvalue weighted by Crippen LogP contribution is -2.54. The normalized spacial score (nSPS) is 30.6. The van der Waals surface area contributed by atoms with Crippen LogP contribution in [0.25, 0.3) is 0 Å². The first-order valence-electron chi connectivity index (χ1n) is 12.6. The van der Waals surface area contributed by atoms with E-state index in [0.29, 0.717) is 12.1 Å². The third-order valence-electron chi connectivity index (χ3n) is 7.13. The van der Waals surface area contributed by atoms with Crippen molar-refractivity contribution in [3.8, 4) is 0 Å². The maximum atomic E-state index is 6.38. The van der Waals surface area contributed by atoms with E-state index in [1.54, 1.807) is 6.20 Å². The van der Waals surface area contributed by atoms with Crippen LogP contribution < -0.4 is 5.32 Å². The van der Waals surface area contributed by atoms with E-state index < -0.39 is 0 Å². The molecule has 0 saturated carbocycles. The summed E-state index contributed by atoms with van der Waals surface area (Å²) in [6.07, 6.45) is 24.7. The van der Waals surface area contributed by atoms with Crippen molar-refractivity contribution in [1.29, 1.82) is 0 Å². The predicted octanol–water partition coefficient (Wildman–Crippen LogP) is 6.86. The molecule has 0 spiro atoms. The molecule has 3 aliphatic heterocycles. The number of aryl methyl sites for hydroxylation is 1. The summed E-state index contributed by atoms with van der Waals surface area (Å²) in [6, 6.07) is 5.07. The van der Waals surface area contributed by atoms with E-state index in [1.165, 1.54) is 48.2 Å². The second-order valence-corrected chi connectivity index (χ2v) is 10.1. The summed E-state index contributed by atoms with van der Waals surface area (Å²) in [7, 11) is 0. The number of allylic oxidation sites excluding steroid dienone is 8. The lowest BCUT2D eigenvalue weighted by Gasteiger charge is -2.46. The van der Waals surface area contributed by atoms with E-state index in [0.717, 1.165) is 17.9 Å². The molecule has 1 aromatic rings. The summed E-state index contributed by atoms with van der Waals surface area (Å²) < 4.78 is 6.38. The molecule has 2 fully saturated rings. The Bertz CT molecular complexity index is 1060. The predicted molar refractivity (Wildman–Crippen MR) is 141 cm³/mol. The summed E-state index contributed by atoms with van der Waals surface area (Å²) in [6.45, 7) is 10.7. The highest BCUT2D eigenvalue weighted by molar-refractivity contribution is 5.44. The van der Waals surface area contributed by atoms with Gasteiger partial charge in [-0.2, -0.15) is 0 Å². The third-order valence-corrected chi connectivity index (χ3v) is 7.13. The fourth-order valence-electron chi connectivity index (χ4n) is 5.47. The van der Waals surface area contributed by atoms with Gasteiger partial charge in [0.05, 0.1) is 11.4 Å². The third kappa shape index (κ3) is 5.44. The van der Waals surface area contributed by atoms with Gasteiger partial charge in [0.2, 0.25) is 0 Å². The number of aromatic nitrogens is 1. The number of ether oxygens (including phenoxy) is 1. The van der Waals surface area contributed by atoms with Crippen LogP contribution in [0.1, 0.15) is 65.4 Å². The van der Waals surface area contributed by atoms with Crippen molar-refractivity contribution in [3.63, 3.8) is 0 Å². The molecule has 4 nitrogen and oxygen atoms in total. The Balaban J connectivity index is 0.000000336. The highest BCUT2D eigenvalue weighted by atomic mass is 16.5. The average Bonchev–Trinajstić information content (AvgIpc) is 2.98. The standard InChI is InChI=1S/C24H32N2O.C6H7N/c1-5-7-8-20-22(6-2)27-23-12-10-17(3)9-11-21(23)26(20)19-15-18-13-14-24(4,16-19)25-18;1-6-3-2-4-7-5-6/h5-11,18-19,25H,12-16H2,1-4H3;2-5H,1H3/b7-5-,20-8+,22-6+;.